The number of rotatable bonds is 5. The van der Waals surface area contributed by atoms with Gasteiger partial charge in [-0.25, -0.2) is 15.0 Å². The van der Waals surface area contributed by atoms with E-state index in [0.29, 0.717) is 12.1 Å². The van der Waals surface area contributed by atoms with E-state index in [1.807, 2.05) is 35.0 Å². The van der Waals surface area contributed by atoms with Gasteiger partial charge in [-0.1, -0.05) is 18.2 Å². The molecule has 0 radical (unpaired) electrons. The molecule has 1 saturated carbocycles. The van der Waals surface area contributed by atoms with E-state index in [9.17, 15) is 0 Å². The number of anilines is 3. The first-order valence-corrected chi connectivity index (χ1v) is 9.39. The molecular formula is C20H25N7. The van der Waals surface area contributed by atoms with E-state index in [4.69, 9.17) is 5.73 Å². The van der Waals surface area contributed by atoms with Crippen molar-refractivity contribution in [1.82, 2.24) is 19.5 Å². The fourth-order valence-corrected chi connectivity index (χ4v) is 3.44. The standard InChI is InChI=1S/C20H25N7/c1-14-4-2-3-5-17(14)26-20-22-10-11-27(20)19-12-18(23-13-24-19)25-16-8-6-15(21)7-9-16/h2-5,10-13,15-16H,6-9,21H2,1H3,(H,22,26)(H,23,24,25). The van der Waals surface area contributed by atoms with Gasteiger partial charge in [0, 0.05) is 36.2 Å². The van der Waals surface area contributed by atoms with Crippen molar-refractivity contribution in [2.24, 2.45) is 5.73 Å². The highest BCUT2D eigenvalue weighted by atomic mass is 15.2. The van der Waals surface area contributed by atoms with E-state index in [1.54, 1.807) is 12.5 Å². The Hall–Kier alpha value is -2.93. The number of aryl methyl sites for hydroxylation is 1. The summed E-state index contributed by atoms with van der Waals surface area (Å²) in [5.74, 6) is 2.32. The molecule has 0 amide bonds. The SMILES string of the molecule is Cc1ccccc1Nc1nccn1-c1cc(NC2CCC(N)CC2)ncn1. The summed E-state index contributed by atoms with van der Waals surface area (Å²) in [6.45, 7) is 2.07. The molecule has 1 fully saturated rings. The number of imidazole rings is 1. The van der Waals surface area contributed by atoms with Crippen molar-refractivity contribution in [3.63, 3.8) is 0 Å². The van der Waals surface area contributed by atoms with Crippen molar-refractivity contribution in [2.45, 2.75) is 44.7 Å². The fraction of sp³-hybridized carbons (Fsp3) is 0.350. The van der Waals surface area contributed by atoms with Crippen LogP contribution in [0.4, 0.5) is 17.5 Å². The first kappa shape index (κ1) is 17.5. The minimum atomic E-state index is 0.338. The van der Waals surface area contributed by atoms with Crippen molar-refractivity contribution >= 4 is 17.5 Å². The molecule has 4 rings (SSSR count). The van der Waals surface area contributed by atoms with Crippen molar-refractivity contribution < 1.29 is 0 Å². The zero-order valence-corrected chi connectivity index (χ0v) is 15.5. The van der Waals surface area contributed by atoms with Gasteiger partial charge >= 0.3 is 0 Å². The Morgan fingerprint density at radius 2 is 1.89 bits per heavy atom. The third kappa shape index (κ3) is 4.09. The van der Waals surface area contributed by atoms with Crippen LogP contribution in [0.5, 0.6) is 0 Å². The smallest absolute Gasteiger partial charge is 0.213 e. The molecule has 3 aromatic rings. The molecule has 0 unspecified atom stereocenters. The van der Waals surface area contributed by atoms with Crippen LogP contribution in [0.25, 0.3) is 5.82 Å². The molecule has 0 spiro atoms. The zero-order valence-electron chi connectivity index (χ0n) is 15.5. The Morgan fingerprint density at radius 3 is 2.70 bits per heavy atom. The van der Waals surface area contributed by atoms with Crippen LogP contribution >= 0.6 is 0 Å². The molecule has 0 bridgehead atoms. The van der Waals surface area contributed by atoms with Gasteiger partial charge in [0.05, 0.1) is 0 Å². The third-order valence-corrected chi connectivity index (χ3v) is 5.06. The summed E-state index contributed by atoms with van der Waals surface area (Å²) in [7, 11) is 0. The molecule has 0 saturated heterocycles. The van der Waals surface area contributed by atoms with Crippen LogP contribution in [-0.2, 0) is 0 Å². The lowest BCUT2D eigenvalue weighted by Gasteiger charge is -2.27. The Morgan fingerprint density at radius 1 is 1.07 bits per heavy atom. The van der Waals surface area contributed by atoms with Crippen LogP contribution in [0.15, 0.2) is 49.1 Å². The predicted octanol–water partition coefficient (Wildman–Crippen LogP) is 3.40. The number of hydrogen-bond acceptors (Lipinski definition) is 6. The molecule has 140 valence electrons. The maximum atomic E-state index is 6.00. The molecule has 0 atom stereocenters. The summed E-state index contributed by atoms with van der Waals surface area (Å²) < 4.78 is 1.93. The molecule has 2 heterocycles. The molecule has 2 aromatic heterocycles. The first-order chi connectivity index (χ1) is 13.2. The molecule has 7 nitrogen and oxygen atoms in total. The minimum Gasteiger partial charge on any atom is -0.367 e. The summed E-state index contributed by atoms with van der Waals surface area (Å²) in [4.78, 5) is 13.2. The Kier molecular flexibility index (Phi) is 5.02. The van der Waals surface area contributed by atoms with Gasteiger partial charge in [-0.2, -0.15) is 0 Å². The summed E-state index contributed by atoms with van der Waals surface area (Å²) in [6, 6.07) is 10.8. The van der Waals surface area contributed by atoms with Crippen LogP contribution in [-0.4, -0.2) is 31.6 Å². The van der Waals surface area contributed by atoms with E-state index in [0.717, 1.165) is 54.5 Å². The lowest BCUT2D eigenvalue weighted by molar-refractivity contribution is 0.410. The number of nitrogens with zero attached hydrogens (tertiary/aromatic N) is 4. The molecule has 1 aliphatic rings. The van der Waals surface area contributed by atoms with Gasteiger partial charge in [0.25, 0.3) is 0 Å². The first-order valence-electron chi connectivity index (χ1n) is 9.39. The topological polar surface area (TPSA) is 93.7 Å². The second-order valence-corrected chi connectivity index (χ2v) is 7.08. The van der Waals surface area contributed by atoms with E-state index in [2.05, 4.69) is 38.6 Å². The van der Waals surface area contributed by atoms with E-state index >= 15 is 0 Å². The van der Waals surface area contributed by atoms with Gasteiger partial charge in [0.1, 0.15) is 18.0 Å². The Balaban J connectivity index is 1.53. The molecular weight excluding hydrogens is 338 g/mol. The second-order valence-electron chi connectivity index (χ2n) is 7.08. The third-order valence-electron chi connectivity index (χ3n) is 5.06. The van der Waals surface area contributed by atoms with Gasteiger partial charge < -0.3 is 16.4 Å². The highest BCUT2D eigenvalue weighted by Gasteiger charge is 2.19. The molecule has 27 heavy (non-hydrogen) atoms. The quantitative estimate of drug-likeness (QED) is 0.643. The zero-order chi connectivity index (χ0) is 18.6. The monoisotopic (exact) mass is 363 g/mol. The second kappa shape index (κ2) is 7.75. The molecule has 7 heteroatoms. The van der Waals surface area contributed by atoms with Gasteiger partial charge in [-0.05, 0) is 44.2 Å². The lowest BCUT2D eigenvalue weighted by atomic mass is 9.92. The number of nitrogens with one attached hydrogen (secondary N) is 2. The maximum Gasteiger partial charge on any atom is 0.213 e. The predicted molar refractivity (Wildman–Crippen MR) is 107 cm³/mol. The number of aromatic nitrogens is 4. The summed E-state index contributed by atoms with van der Waals surface area (Å²) in [6.07, 6.45) is 9.51. The van der Waals surface area contributed by atoms with Crippen molar-refractivity contribution in [3.05, 3.63) is 54.6 Å². The van der Waals surface area contributed by atoms with Crippen molar-refractivity contribution in [3.8, 4) is 5.82 Å². The van der Waals surface area contributed by atoms with Crippen LogP contribution in [0.1, 0.15) is 31.2 Å². The fourth-order valence-electron chi connectivity index (χ4n) is 3.44. The average molecular weight is 363 g/mol. The van der Waals surface area contributed by atoms with Crippen molar-refractivity contribution in [1.29, 1.82) is 0 Å². The maximum absolute atomic E-state index is 6.00. The van der Waals surface area contributed by atoms with Crippen LogP contribution in [0, 0.1) is 6.92 Å². The van der Waals surface area contributed by atoms with E-state index < -0.39 is 0 Å². The van der Waals surface area contributed by atoms with E-state index in [-0.39, 0.29) is 0 Å². The largest absolute Gasteiger partial charge is 0.367 e. The van der Waals surface area contributed by atoms with Gasteiger partial charge in [-0.15, -0.1) is 0 Å². The molecule has 0 aliphatic heterocycles. The number of nitrogens with two attached hydrogens (primary N) is 1. The average Bonchev–Trinajstić information content (AvgIpc) is 3.14. The number of para-hydroxylation sites is 1. The Labute approximate surface area is 159 Å². The summed E-state index contributed by atoms with van der Waals surface area (Å²) in [5.41, 5.74) is 8.18. The minimum absolute atomic E-state index is 0.338. The van der Waals surface area contributed by atoms with E-state index in [1.165, 1.54) is 0 Å². The lowest BCUT2D eigenvalue weighted by Crippen LogP contribution is -2.33. The van der Waals surface area contributed by atoms with Gasteiger partial charge in [-0.3, -0.25) is 4.57 Å². The van der Waals surface area contributed by atoms with Crippen LogP contribution < -0.4 is 16.4 Å². The van der Waals surface area contributed by atoms with Gasteiger partial charge in [0.15, 0.2) is 0 Å². The molecule has 1 aromatic carbocycles. The highest BCUT2D eigenvalue weighted by Crippen LogP contribution is 2.23. The molecule has 4 N–H and O–H groups in total. The molecule has 1 aliphatic carbocycles. The number of hydrogen-bond donors (Lipinski definition) is 3. The van der Waals surface area contributed by atoms with Crippen LogP contribution in [0.3, 0.4) is 0 Å². The Bertz CT molecular complexity index is 897. The van der Waals surface area contributed by atoms with Crippen LogP contribution in [0.2, 0.25) is 0 Å². The summed E-state index contributed by atoms with van der Waals surface area (Å²) in [5, 5.41) is 6.90. The summed E-state index contributed by atoms with van der Waals surface area (Å²) >= 11 is 0. The number of benzene rings is 1. The normalized spacial score (nSPS) is 19.6. The highest BCUT2D eigenvalue weighted by molar-refractivity contribution is 5.59. The van der Waals surface area contributed by atoms with Crippen molar-refractivity contribution in [2.75, 3.05) is 10.6 Å². The van der Waals surface area contributed by atoms with Gasteiger partial charge in [0.2, 0.25) is 5.95 Å².